The van der Waals surface area contributed by atoms with Crippen LogP contribution in [0.5, 0.6) is 0 Å². The maximum atomic E-state index is 12.3. The van der Waals surface area contributed by atoms with Crippen LogP contribution < -0.4 is 5.56 Å². The molecule has 1 fully saturated rings. The van der Waals surface area contributed by atoms with E-state index in [4.69, 9.17) is 0 Å². The van der Waals surface area contributed by atoms with Crippen LogP contribution in [-0.4, -0.2) is 46.3 Å². The normalized spacial score (nSPS) is 16.5. The van der Waals surface area contributed by atoms with Gasteiger partial charge in [0.25, 0.3) is 5.56 Å². The van der Waals surface area contributed by atoms with Crippen LogP contribution in [0.15, 0.2) is 4.79 Å². The van der Waals surface area contributed by atoms with Crippen molar-refractivity contribution in [3.8, 4) is 0 Å². The summed E-state index contributed by atoms with van der Waals surface area (Å²) in [6.07, 6.45) is -4.88. The van der Waals surface area contributed by atoms with Crippen molar-refractivity contribution in [2.45, 2.75) is 52.0 Å². The standard InChI is InChI=1S/C15H20F3N3O3/c1-3-12-19-9(2)11(14(23)20-12)8-13(22)21-6-4-10(5-7-21)24-15(16,17)18/h10H,3-8H2,1-2H3,(H,19,20,23). The van der Waals surface area contributed by atoms with Crippen molar-refractivity contribution in [3.05, 3.63) is 27.4 Å². The summed E-state index contributed by atoms with van der Waals surface area (Å²) < 4.78 is 40.5. The van der Waals surface area contributed by atoms with Crippen molar-refractivity contribution >= 4 is 5.91 Å². The zero-order chi connectivity index (χ0) is 17.9. The van der Waals surface area contributed by atoms with Crippen LogP contribution in [0.25, 0.3) is 0 Å². The van der Waals surface area contributed by atoms with E-state index >= 15 is 0 Å². The highest BCUT2D eigenvalue weighted by Crippen LogP contribution is 2.24. The first-order chi connectivity index (χ1) is 11.2. The van der Waals surface area contributed by atoms with E-state index in [-0.39, 0.29) is 43.8 Å². The first kappa shape index (κ1) is 18.4. The summed E-state index contributed by atoms with van der Waals surface area (Å²) in [6, 6.07) is 0. The third-order valence-corrected chi connectivity index (χ3v) is 4.03. The fourth-order valence-corrected chi connectivity index (χ4v) is 2.72. The average Bonchev–Trinajstić information content (AvgIpc) is 2.49. The number of aromatic amines is 1. The summed E-state index contributed by atoms with van der Waals surface area (Å²) >= 11 is 0. The fourth-order valence-electron chi connectivity index (χ4n) is 2.72. The minimum absolute atomic E-state index is 0.108. The van der Waals surface area contributed by atoms with E-state index in [2.05, 4.69) is 14.7 Å². The Hall–Kier alpha value is -1.90. The topological polar surface area (TPSA) is 75.3 Å². The van der Waals surface area contributed by atoms with Gasteiger partial charge < -0.3 is 9.88 Å². The molecule has 1 N–H and O–H groups in total. The van der Waals surface area contributed by atoms with Crippen molar-refractivity contribution in [1.82, 2.24) is 14.9 Å². The lowest BCUT2D eigenvalue weighted by molar-refractivity contribution is -0.345. The van der Waals surface area contributed by atoms with Gasteiger partial charge in [-0.2, -0.15) is 0 Å². The molecule has 0 saturated carbocycles. The van der Waals surface area contributed by atoms with Gasteiger partial charge in [-0.3, -0.25) is 14.3 Å². The molecule has 1 amide bonds. The minimum atomic E-state index is -4.66. The number of nitrogens with one attached hydrogen (secondary N) is 1. The first-order valence-corrected chi connectivity index (χ1v) is 7.80. The Labute approximate surface area is 137 Å². The van der Waals surface area contributed by atoms with Gasteiger partial charge in [0.2, 0.25) is 5.91 Å². The summed E-state index contributed by atoms with van der Waals surface area (Å²) in [4.78, 5) is 32.7. The number of halogens is 3. The lowest BCUT2D eigenvalue weighted by Gasteiger charge is -2.32. The molecule has 0 spiro atoms. The van der Waals surface area contributed by atoms with Crippen LogP contribution >= 0.6 is 0 Å². The monoisotopic (exact) mass is 347 g/mol. The second-order valence-electron chi connectivity index (χ2n) is 5.75. The van der Waals surface area contributed by atoms with E-state index in [1.54, 1.807) is 6.92 Å². The number of ether oxygens (including phenoxy) is 1. The number of alkyl halides is 3. The van der Waals surface area contributed by atoms with Crippen LogP contribution in [0.2, 0.25) is 0 Å². The fraction of sp³-hybridized carbons (Fsp3) is 0.667. The predicted octanol–water partition coefficient (Wildman–Crippen LogP) is 1.71. The molecule has 0 atom stereocenters. The Morgan fingerprint density at radius 2 is 2.00 bits per heavy atom. The molecule has 1 aliphatic heterocycles. The smallest absolute Gasteiger partial charge is 0.342 e. The van der Waals surface area contributed by atoms with Crippen molar-refractivity contribution in [2.75, 3.05) is 13.1 Å². The molecular formula is C15H20F3N3O3. The molecule has 2 heterocycles. The van der Waals surface area contributed by atoms with E-state index in [1.165, 1.54) is 4.90 Å². The largest absolute Gasteiger partial charge is 0.522 e. The molecule has 1 aromatic heterocycles. The predicted molar refractivity (Wildman–Crippen MR) is 79.4 cm³/mol. The van der Waals surface area contributed by atoms with Gasteiger partial charge in [-0.15, -0.1) is 13.2 Å². The van der Waals surface area contributed by atoms with E-state index in [0.29, 0.717) is 23.5 Å². The van der Waals surface area contributed by atoms with Crippen LogP contribution in [0.3, 0.4) is 0 Å². The van der Waals surface area contributed by atoms with Crippen LogP contribution in [0.1, 0.15) is 36.8 Å². The van der Waals surface area contributed by atoms with Gasteiger partial charge in [0, 0.05) is 30.8 Å². The second kappa shape index (κ2) is 7.33. The molecule has 0 aromatic carbocycles. The van der Waals surface area contributed by atoms with E-state index < -0.39 is 12.5 Å². The van der Waals surface area contributed by atoms with Crippen molar-refractivity contribution in [3.63, 3.8) is 0 Å². The Kier molecular flexibility index (Phi) is 5.63. The van der Waals surface area contributed by atoms with Gasteiger partial charge >= 0.3 is 6.36 Å². The van der Waals surface area contributed by atoms with Crippen LogP contribution in [0, 0.1) is 6.92 Å². The van der Waals surface area contributed by atoms with Gasteiger partial charge in [0.15, 0.2) is 0 Å². The number of hydrogen-bond donors (Lipinski definition) is 1. The number of aryl methyl sites for hydroxylation is 2. The van der Waals surface area contributed by atoms with E-state index in [0.717, 1.165) is 0 Å². The SMILES string of the molecule is CCc1nc(C)c(CC(=O)N2CCC(OC(F)(F)F)CC2)c(=O)[nH]1. The number of amides is 1. The number of rotatable bonds is 4. The average molecular weight is 347 g/mol. The summed E-state index contributed by atoms with van der Waals surface area (Å²) in [6.45, 7) is 3.88. The molecule has 0 aliphatic carbocycles. The number of nitrogens with zero attached hydrogens (tertiary/aromatic N) is 2. The number of aromatic nitrogens is 2. The molecule has 0 unspecified atom stereocenters. The summed E-state index contributed by atoms with van der Waals surface area (Å²) in [5, 5.41) is 0. The lowest BCUT2D eigenvalue weighted by Crippen LogP contribution is -2.43. The van der Waals surface area contributed by atoms with Gasteiger partial charge in [-0.05, 0) is 19.8 Å². The molecule has 2 rings (SSSR count). The zero-order valence-corrected chi connectivity index (χ0v) is 13.6. The maximum absolute atomic E-state index is 12.3. The number of H-pyrrole nitrogens is 1. The quantitative estimate of drug-likeness (QED) is 0.900. The molecule has 134 valence electrons. The molecule has 6 nitrogen and oxygen atoms in total. The molecular weight excluding hydrogens is 327 g/mol. The van der Waals surface area contributed by atoms with Gasteiger partial charge in [0.1, 0.15) is 5.82 Å². The molecule has 0 radical (unpaired) electrons. The first-order valence-electron chi connectivity index (χ1n) is 7.80. The Balaban J connectivity index is 1.96. The zero-order valence-electron chi connectivity index (χ0n) is 13.6. The Morgan fingerprint density at radius 1 is 1.38 bits per heavy atom. The highest BCUT2D eigenvalue weighted by molar-refractivity contribution is 5.79. The third kappa shape index (κ3) is 4.80. The number of carbonyl (C=O) groups excluding carboxylic acids is 1. The maximum Gasteiger partial charge on any atom is 0.522 e. The minimum Gasteiger partial charge on any atom is -0.342 e. The van der Waals surface area contributed by atoms with E-state index in [9.17, 15) is 22.8 Å². The molecule has 1 aliphatic rings. The van der Waals surface area contributed by atoms with Gasteiger partial charge in [0.05, 0.1) is 12.5 Å². The second-order valence-corrected chi connectivity index (χ2v) is 5.75. The van der Waals surface area contributed by atoms with Crippen LogP contribution in [-0.2, 0) is 22.4 Å². The number of carbonyl (C=O) groups is 1. The number of likely N-dealkylation sites (tertiary alicyclic amines) is 1. The summed E-state index contributed by atoms with van der Waals surface area (Å²) in [5.74, 6) is 0.263. The van der Waals surface area contributed by atoms with Gasteiger partial charge in [-0.25, -0.2) is 4.98 Å². The lowest BCUT2D eigenvalue weighted by atomic mass is 10.1. The third-order valence-electron chi connectivity index (χ3n) is 4.03. The van der Waals surface area contributed by atoms with Crippen LogP contribution in [0.4, 0.5) is 13.2 Å². The Bertz CT molecular complexity index is 650. The Morgan fingerprint density at radius 3 is 2.50 bits per heavy atom. The van der Waals surface area contributed by atoms with Crippen molar-refractivity contribution in [1.29, 1.82) is 0 Å². The van der Waals surface area contributed by atoms with Crippen molar-refractivity contribution < 1.29 is 22.7 Å². The molecule has 0 bridgehead atoms. The van der Waals surface area contributed by atoms with E-state index in [1.807, 2.05) is 6.92 Å². The van der Waals surface area contributed by atoms with Gasteiger partial charge in [-0.1, -0.05) is 6.92 Å². The molecule has 1 saturated heterocycles. The summed E-state index contributed by atoms with van der Waals surface area (Å²) in [7, 11) is 0. The highest BCUT2D eigenvalue weighted by atomic mass is 19.4. The molecule has 9 heteroatoms. The number of hydrogen-bond acceptors (Lipinski definition) is 4. The molecule has 1 aromatic rings. The summed E-state index contributed by atoms with van der Waals surface area (Å²) in [5.41, 5.74) is 0.452. The van der Waals surface area contributed by atoms with Crippen molar-refractivity contribution in [2.24, 2.45) is 0 Å². The molecule has 24 heavy (non-hydrogen) atoms. The number of piperidine rings is 1. The highest BCUT2D eigenvalue weighted by Gasteiger charge is 2.35.